The SMILES string of the molecule is CC(C)CC1NC(c2ccc(F)cc2)N(C2CC2)C1=O. The number of nitrogens with one attached hydrogen (secondary N) is 1. The van der Waals surface area contributed by atoms with Crippen molar-refractivity contribution in [1.29, 1.82) is 0 Å². The van der Waals surface area contributed by atoms with Gasteiger partial charge in [0.1, 0.15) is 12.0 Å². The van der Waals surface area contributed by atoms with E-state index < -0.39 is 0 Å². The number of carbonyl (C=O) groups is 1. The molecule has 1 saturated carbocycles. The van der Waals surface area contributed by atoms with E-state index in [-0.39, 0.29) is 23.9 Å². The Labute approximate surface area is 119 Å². The van der Waals surface area contributed by atoms with Gasteiger partial charge in [0.05, 0.1) is 6.04 Å². The van der Waals surface area contributed by atoms with Gasteiger partial charge in [-0.2, -0.15) is 0 Å². The largest absolute Gasteiger partial charge is 0.319 e. The average Bonchev–Trinajstić information content (AvgIpc) is 3.17. The van der Waals surface area contributed by atoms with E-state index in [2.05, 4.69) is 19.2 Å². The molecule has 1 N–H and O–H groups in total. The summed E-state index contributed by atoms with van der Waals surface area (Å²) in [4.78, 5) is 14.5. The number of nitrogens with zero attached hydrogens (tertiary/aromatic N) is 1. The fraction of sp³-hybridized carbons (Fsp3) is 0.562. The third kappa shape index (κ3) is 2.57. The molecule has 3 rings (SSSR count). The maximum absolute atomic E-state index is 13.1. The molecule has 1 aromatic carbocycles. The molecule has 0 bridgehead atoms. The number of halogens is 1. The molecule has 4 heteroatoms. The van der Waals surface area contributed by atoms with Crippen molar-refractivity contribution in [3.05, 3.63) is 35.6 Å². The lowest BCUT2D eigenvalue weighted by atomic mass is 10.0. The lowest BCUT2D eigenvalue weighted by Gasteiger charge is -2.24. The molecule has 0 aromatic heterocycles. The number of hydrogen-bond donors (Lipinski definition) is 1. The average molecular weight is 276 g/mol. The van der Waals surface area contributed by atoms with Crippen molar-refractivity contribution in [2.75, 3.05) is 0 Å². The van der Waals surface area contributed by atoms with E-state index in [9.17, 15) is 9.18 Å². The fourth-order valence-electron chi connectivity index (χ4n) is 2.93. The van der Waals surface area contributed by atoms with Crippen LogP contribution in [-0.4, -0.2) is 22.9 Å². The van der Waals surface area contributed by atoms with Crippen molar-refractivity contribution in [2.45, 2.75) is 51.4 Å². The van der Waals surface area contributed by atoms with Gasteiger partial charge in [0.2, 0.25) is 5.91 Å². The maximum Gasteiger partial charge on any atom is 0.241 e. The van der Waals surface area contributed by atoms with Gasteiger partial charge in [-0.25, -0.2) is 4.39 Å². The number of carbonyl (C=O) groups excluding carboxylic acids is 1. The number of benzene rings is 1. The molecular weight excluding hydrogens is 255 g/mol. The summed E-state index contributed by atoms with van der Waals surface area (Å²) in [5, 5.41) is 3.43. The van der Waals surface area contributed by atoms with Gasteiger partial charge in [-0.3, -0.25) is 10.1 Å². The van der Waals surface area contributed by atoms with Crippen LogP contribution in [0.5, 0.6) is 0 Å². The summed E-state index contributed by atoms with van der Waals surface area (Å²) in [7, 11) is 0. The van der Waals surface area contributed by atoms with Gasteiger partial charge < -0.3 is 4.90 Å². The van der Waals surface area contributed by atoms with E-state index in [1.54, 1.807) is 12.1 Å². The van der Waals surface area contributed by atoms with E-state index in [0.29, 0.717) is 12.0 Å². The van der Waals surface area contributed by atoms with Gasteiger partial charge in [-0.1, -0.05) is 26.0 Å². The highest BCUT2D eigenvalue weighted by molar-refractivity contribution is 5.85. The lowest BCUT2D eigenvalue weighted by molar-refractivity contribution is -0.130. The van der Waals surface area contributed by atoms with E-state index in [1.807, 2.05) is 4.90 Å². The second-order valence-electron chi connectivity index (χ2n) is 6.28. The first-order valence-electron chi connectivity index (χ1n) is 7.40. The standard InChI is InChI=1S/C16H21FN2O/c1-10(2)9-14-16(20)19(13-7-8-13)15(18-14)11-3-5-12(17)6-4-11/h3-6,10,13-15,18H,7-9H2,1-2H3. The maximum atomic E-state index is 13.1. The predicted molar refractivity (Wildman–Crippen MR) is 75.4 cm³/mol. The molecule has 2 fully saturated rings. The van der Waals surface area contributed by atoms with Crippen LogP contribution in [0.25, 0.3) is 0 Å². The van der Waals surface area contributed by atoms with Gasteiger partial charge in [0, 0.05) is 6.04 Å². The summed E-state index contributed by atoms with van der Waals surface area (Å²) in [6, 6.07) is 6.72. The monoisotopic (exact) mass is 276 g/mol. The Morgan fingerprint density at radius 3 is 2.50 bits per heavy atom. The van der Waals surface area contributed by atoms with E-state index in [4.69, 9.17) is 0 Å². The minimum Gasteiger partial charge on any atom is -0.319 e. The Morgan fingerprint density at radius 1 is 1.30 bits per heavy atom. The van der Waals surface area contributed by atoms with Crippen molar-refractivity contribution in [3.63, 3.8) is 0 Å². The Bertz CT molecular complexity index is 496. The first-order valence-corrected chi connectivity index (χ1v) is 7.40. The second kappa shape index (κ2) is 5.17. The van der Waals surface area contributed by atoms with Crippen LogP contribution in [0, 0.1) is 11.7 Å². The number of amides is 1. The highest BCUT2D eigenvalue weighted by atomic mass is 19.1. The Balaban J connectivity index is 1.84. The van der Waals surface area contributed by atoms with E-state index in [1.165, 1.54) is 12.1 Å². The highest BCUT2D eigenvalue weighted by Gasteiger charge is 2.46. The molecule has 0 radical (unpaired) electrons. The van der Waals surface area contributed by atoms with Crippen LogP contribution in [0.4, 0.5) is 4.39 Å². The van der Waals surface area contributed by atoms with Crippen LogP contribution in [0.3, 0.4) is 0 Å². The minimum atomic E-state index is -0.241. The summed E-state index contributed by atoms with van der Waals surface area (Å²) in [5.74, 6) is 0.440. The van der Waals surface area contributed by atoms with Crippen LogP contribution in [0.2, 0.25) is 0 Å². The molecule has 1 aliphatic heterocycles. The zero-order chi connectivity index (χ0) is 14.3. The van der Waals surface area contributed by atoms with Gasteiger partial charge in [-0.15, -0.1) is 0 Å². The van der Waals surface area contributed by atoms with Crippen molar-refractivity contribution >= 4 is 5.91 Å². The molecule has 108 valence electrons. The normalized spacial score (nSPS) is 26.6. The smallest absolute Gasteiger partial charge is 0.241 e. The van der Waals surface area contributed by atoms with E-state index >= 15 is 0 Å². The summed E-state index contributed by atoms with van der Waals surface area (Å²) < 4.78 is 13.1. The van der Waals surface area contributed by atoms with Crippen LogP contribution < -0.4 is 5.32 Å². The lowest BCUT2D eigenvalue weighted by Crippen LogP contribution is -2.33. The molecule has 1 amide bonds. The zero-order valence-electron chi connectivity index (χ0n) is 12.0. The first-order chi connectivity index (χ1) is 9.56. The Morgan fingerprint density at radius 2 is 1.95 bits per heavy atom. The Kier molecular flexibility index (Phi) is 3.50. The molecule has 20 heavy (non-hydrogen) atoms. The first kappa shape index (κ1) is 13.6. The number of hydrogen-bond acceptors (Lipinski definition) is 2. The van der Waals surface area contributed by atoms with Crippen LogP contribution in [-0.2, 0) is 4.79 Å². The zero-order valence-corrected chi connectivity index (χ0v) is 12.0. The van der Waals surface area contributed by atoms with Crippen LogP contribution in [0.15, 0.2) is 24.3 Å². The molecule has 1 aliphatic carbocycles. The predicted octanol–water partition coefficient (Wildman–Crippen LogP) is 2.83. The summed E-state index contributed by atoms with van der Waals surface area (Å²) in [6.07, 6.45) is 2.91. The molecule has 1 heterocycles. The molecular formula is C16H21FN2O. The number of rotatable bonds is 4. The van der Waals surface area contributed by atoms with Crippen LogP contribution >= 0.6 is 0 Å². The molecule has 3 nitrogen and oxygen atoms in total. The molecule has 1 aromatic rings. The summed E-state index contributed by atoms with van der Waals surface area (Å²) in [6.45, 7) is 4.25. The third-order valence-electron chi connectivity index (χ3n) is 4.02. The highest BCUT2D eigenvalue weighted by Crippen LogP contribution is 2.38. The quantitative estimate of drug-likeness (QED) is 0.917. The van der Waals surface area contributed by atoms with Gasteiger partial charge >= 0.3 is 0 Å². The molecule has 2 unspecified atom stereocenters. The van der Waals surface area contributed by atoms with Crippen molar-refractivity contribution in [1.82, 2.24) is 10.2 Å². The summed E-state index contributed by atoms with van der Waals surface area (Å²) >= 11 is 0. The Hall–Kier alpha value is -1.42. The second-order valence-corrected chi connectivity index (χ2v) is 6.28. The minimum absolute atomic E-state index is 0.0978. The molecule has 2 atom stereocenters. The van der Waals surface area contributed by atoms with Gasteiger partial charge in [0.25, 0.3) is 0 Å². The third-order valence-corrected chi connectivity index (χ3v) is 4.02. The van der Waals surface area contributed by atoms with Gasteiger partial charge in [-0.05, 0) is 42.9 Å². The van der Waals surface area contributed by atoms with Crippen molar-refractivity contribution in [2.24, 2.45) is 5.92 Å². The molecule has 2 aliphatic rings. The summed E-state index contributed by atoms with van der Waals surface area (Å²) in [5.41, 5.74) is 0.970. The van der Waals surface area contributed by atoms with Crippen molar-refractivity contribution in [3.8, 4) is 0 Å². The van der Waals surface area contributed by atoms with Gasteiger partial charge in [0.15, 0.2) is 0 Å². The topological polar surface area (TPSA) is 32.3 Å². The molecule has 1 saturated heterocycles. The van der Waals surface area contributed by atoms with E-state index in [0.717, 1.165) is 24.8 Å². The van der Waals surface area contributed by atoms with Crippen molar-refractivity contribution < 1.29 is 9.18 Å². The molecule has 0 spiro atoms. The van der Waals surface area contributed by atoms with Crippen LogP contribution in [0.1, 0.15) is 44.8 Å². The fourth-order valence-corrected chi connectivity index (χ4v) is 2.93.